The van der Waals surface area contributed by atoms with Crippen molar-refractivity contribution in [3.05, 3.63) is 59.0 Å². The number of esters is 4. The second-order valence-electron chi connectivity index (χ2n) is 9.55. The van der Waals surface area contributed by atoms with Crippen LogP contribution in [-0.2, 0) is 42.9 Å². The molecule has 13 heteroatoms. The summed E-state index contributed by atoms with van der Waals surface area (Å²) in [5.41, 5.74) is 0.816. The van der Waals surface area contributed by atoms with Gasteiger partial charge in [-0.25, -0.2) is 0 Å². The van der Waals surface area contributed by atoms with Crippen LogP contribution in [-0.4, -0.2) is 68.3 Å². The van der Waals surface area contributed by atoms with Gasteiger partial charge in [-0.15, -0.1) is 0 Å². The van der Waals surface area contributed by atoms with Crippen molar-refractivity contribution in [3.8, 4) is 22.6 Å². The summed E-state index contributed by atoms with van der Waals surface area (Å²) in [7, 11) is 1.53. The fourth-order valence-electron chi connectivity index (χ4n) is 4.57. The second kappa shape index (κ2) is 13.4. The number of hydrogen-bond acceptors (Lipinski definition) is 13. The molecule has 0 unspecified atom stereocenters. The van der Waals surface area contributed by atoms with Gasteiger partial charge in [0, 0.05) is 27.7 Å². The van der Waals surface area contributed by atoms with Gasteiger partial charge in [0.15, 0.2) is 12.2 Å². The van der Waals surface area contributed by atoms with Crippen LogP contribution in [0, 0.1) is 0 Å². The predicted octanol–water partition coefficient (Wildman–Crippen LogP) is 2.93. The molecule has 1 saturated heterocycles. The van der Waals surface area contributed by atoms with Gasteiger partial charge in [0.2, 0.25) is 17.8 Å². The van der Waals surface area contributed by atoms with E-state index in [1.54, 1.807) is 24.3 Å². The van der Waals surface area contributed by atoms with E-state index in [-0.39, 0.29) is 22.1 Å². The summed E-state index contributed by atoms with van der Waals surface area (Å²) >= 11 is 0. The van der Waals surface area contributed by atoms with E-state index in [0.29, 0.717) is 16.9 Å². The molecule has 2 aromatic carbocycles. The van der Waals surface area contributed by atoms with Crippen molar-refractivity contribution in [1.82, 2.24) is 0 Å². The molecule has 4 rings (SSSR count). The van der Waals surface area contributed by atoms with Gasteiger partial charge in [0.1, 0.15) is 36.1 Å². The molecule has 0 saturated carbocycles. The highest BCUT2D eigenvalue weighted by Crippen LogP contribution is 2.32. The zero-order chi connectivity index (χ0) is 31.3. The Morgan fingerprint density at radius 1 is 0.767 bits per heavy atom. The third kappa shape index (κ3) is 7.49. The molecule has 1 fully saturated rings. The molecule has 5 atom stereocenters. The molecule has 3 aromatic rings. The van der Waals surface area contributed by atoms with Crippen LogP contribution in [0.25, 0.3) is 22.1 Å². The summed E-state index contributed by atoms with van der Waals surface area (Å²) in [6.45, 7) is 4.12. The summed E-state index contributed by atoms with van der Waals surface area (Å²) < 4.78 is 44.2. The maximum atomic E-state index is 13.5. The standard InChI is InChI=1S/C30H30O13/c1-15(31)37-14-25-27(39-16(2)32)28(40-17(3)33)29(41-18(4)34)30(43-25)42-21-10-11-24-22(12-21)26(35)23(13-38-24)19-6-8-20(36-5)9-7-19/h6-13,25,27-30H,14H2,1-5H3/t25-,27+,28+,29+,30+/m0/s1. The SMILES string of the molecule is COc1ccc(-c2coc3ccc(O[C@@H]4O[C@@H](COC(C)=O)[C@@H](OC(C)=O)[C@@H](OC(C)=O)[C@H]4OC(C)=O)cc3c2=O)cc1. The monoisotopic (exact) mass is 598 g/mol. The van der Waals surface area contributed by atoms with E-state index in [4.69, 9.17) is 37.6 Å². The molecule has 0 aliphatic carbocycles. The van der Waals surface area contributed by atoms with Crippen molar-refractivity contribution < 1.29 is 56.8 Å². The summed E-state index contributed by atoms with van der Waals surface area (Å²) in [6.07, 6.45) is -5.47. The van der Waals surface area contributed by atoms with E-state index in [2.05, 4.69) is 0 Å². The minimum Gasteiger partial charge on any atom is -0.497 e. The van der Waals surface area contributed by atoms with Crippen molar-refractivity contribution in [3.63, 3.8) is 0 Å². The van der Waals surface area contributed by atoms with Gasteiger partial charge < -0.3 is 37.6 Å². The van der Waals surface area contributed by atoms with Gasteiger partial charge in [-0.05, 0) is 35.9 Å². The molecule has 0 bridgehead atoms. The van der Waals surface area contributed by atoms with Crippen LogP contribution < -0.4 is 14.9 Å². The highest BCUT2D eigenvalue weighted by atomic mass is 16.7. The van der Waals surface area contributed by atoms with Gasteiger partial charge >= 0.3 is 23.9 Å². The first-order valence-corrected chi connectivity index (χ1v) is 13.1. The van der Waals surface area contributed by atoms with Crippen LogP contribution in [0.3, 0.4) is 0 Å². The topological polar surface area (TPSA) is 163 Å². The van der Waals surface area contributed by atoms with Gasteiger partial charge in [-0.1, -0.05) is 12.1 Å². The lowest BCUT2D eigenvalue weighted by Crippen LogP contribution is -2.63. The maximum absolute atomic E-state index is 13.5. The summed E-state index contributed by atoms with van der Waals surface area (Å²) in [6, 6.07) is 11.3. The van der Waals surface area contributed by atoms with Gasteiger partial charge in [0.25, 0.3) is 0 Å². The summed E-state index contributed by atoms with van der Waals surface area (Å²) in [5.74, 6) is -2.23. The predicted molar refractivity (Wildman–Crippen MR) is 147 cm³/mol. The molecular weight excluding hydrogens is 568 g/mol. The molecule has 0 radical (unpaired) electrons. The average Bonchev–Trinajstić information content (AvgIpc) is 2.95. The van der Waals surface area contributed by atoms with Crippen LogP contribution in [0.5, 0.6) is 11.5 Å². The lowest BCUT2D eigenvalue weighted by atomic mass is 9.98. The van der Waals surface area contributed by atoms with Crippen LogP contribution in [0.2, 0.25) is 0 Å². The Kier molecular flexibility index (Phi) is 9.66. The van der Waals surface area contributed by atoms with Crippen molar-refractivity contribution in [2.75, 3.05) is 13.7 Å². The van der Waals surface area contributed by atoms with E-state index in [1.807, 2.05) is 0 Å². The molecule has 1 aromatic heterocycles. The average molecular weight is 599 g/mol. The minimum absolute atomic E-state index is 0.104. The molecule has 1 aliphatic rings. The number of benzene rings is 2. The first-order chi connectivity index (χ1) is 20.5. The second-order valence-corrected chi connectivity index (χ2v) is 9.55. The number of fused-ring (bicyclic) bond motifs is 1. The Morgan fingerprint density at radius 2 is 1.37 bits per heavy atom. The fraction of sp³-hybridized carbons (Fsp3) is 0.367. The third-order valence-corrected chi connectivity index (χ3v) is 6.35. The maximum Gasteiger partial charge on any atom is 0.303 e. The summed E-state index contributed by atoms with van der Waals surface area (Å²) in [4.78, 5) is 61.1. The normalized spacial score (nSPS) is 21.4. The Balaban J connectivity index is 1.73. The smallest absolute Gasteiger partial charge is 0.303 e. The summed E-state index contributed by atoms with van der Waals surface area (Å²) in [5, 5.41) is 0.177. The molecule has 0 spiro atoms. The quantitative estimate of drug-likeness (QED) is 0.261. The zero-order valence-corrected chi connectivity index (χ0v) is 24.0. The Bertz CT molecular complexity index is 1560. The van der Waals surface area contributed by atoms with Gasteiger partial charge in [-0.3, -0.25) is 24.0 Å². The number of ether oxygens (including phenoxy) is 7. The number of carbonyl (C=O) groups excluding carboxylic acids is 4. The number of rotatable bonds is 9. The molecule has 0 amide bonds. The van der Waals surface area contributed by atoms with E-state index >= 15 is 0 Å². The highest BCUT2D eigenvalue weighted by Gasteiger charge is 2.53. The van der Waals surface area contributed by atoms with Gasteiger partial charge in [0.05, 0.1) is 18.1 Å². The van der Waals surface area contributed by atoms with Crippen molar-refractivity contribution in [2.24, 2.45) is 0 Å². The number of methoxy groups -OCH3 is 1. The molecule has 2 heterocycles. The largest absolute Gasteiger partial charge is 0.497 e. The van der Waals surface area contributed by atoms with Crippen LogP contribution >= 0.6 is 0 Å². The van der Waals surface area contributed by atoms with E-state index in [9.17, 15) is 24.0 Å². The Labute approximate surface area is 245 Å². The highest BCUT2D eigenvalue weighted by molar-refractivity contribution is 5.83. The molecule has 13 nitrogen and oxygen atoms in total. The minimum atomic E-state index is -1.46. The lowest BCUT2D eigenvalue weighted by Gasteiger charge is -2.43. The van der Waals surface area contributed by atoms with Crippen LogP contribution in [0.4, 0.5) is 0 Å². The third-order valence-electron chi connectivity index (χ3n) is 6.35. The van der Waals surface area contributed by atoms with Gasteiger partial charge in [-0.2, -0.15) is 0 Å². The van der Waals surface area contributed by atoms with Crippen molar-refractivity contribution in [2.45, 2.75) is 58.4 Å². The Morgan fingerprint density at radius 3 is 1.98 bits per heavy atom. The molecule has 1 aliphatic heterocycles. The number of carbonyl (C=O) groups is 4. The van der Waals surface area contributed by atoms with Crippen LogP contribution in [0.1, 0.15) is 27.7 Å². The Hall–Kier alpha value is -4.91. The van der Waals surface area contributed by atoms with Crippen molar-refractivity contribution >= 4 is 34.8 Å². The molecule has 43 heavy (non-hydrogen) atoms. The molecule has 0 N–H and O–H groups in total. The van der Waals surface area contributed by atoms with E-state index < -0.39 is 61.2 Å². The van der Waals surface area contributed by atoms with E-state index in [1.165, 1.54) is 38.5 Å². The first-order valence-electron chi connectivity index (χ1n) is 13.1. The number of hydrogen-bond donors (Lipinski definition) is 0. The lowest BCUT2D eigenvalue weighted by molar-refractivity contribution is -0.288. The van der Waals surface area contributed by atoms with Crippen molar-refractivity contribution in [1.29, 1.82) is 0 Å². The fourth-order valence-corrected chi connectivity index (χ4v) is 4.57. The molecular formula is C30H30O13. The first kappa shape index (κ1) is 31.0. The van der Waals surface area contributed by atoms with E-state index in [0.717, 1.165) is 20.8 Å². The zero-order valence-electron chi connectivity index (χ0n) is 24.0. The molecule has 228 valence electrons. The van der Waals surface area contributed by atoms with Crippen LogP contribution in [0.15, 0.2) is 57.9 Å².